The summed E-state index contributed by atoms with van der Waals surface area (Å²) in [5, 5.41) is 11.7. The molecule has 0 fully saturated rings. The van der Waals surface area contributed by atoms with E-state index in [2.05, 4.69) is 5.32 Å². The molecule has 2 rings (SSSR count). The number of anilines is 2. The molecule has 0 aliphatic heterocycles. The normalized spacial score (nSPS) is 10.0. The van der Waals surface area contributed by atoms with Gasteiger partial charge in [-0.25, -0.2) is 0 Å². The number of nitrogens with one attached hydrogen (secondary N) is 1. The molecule has 25 heavy (non-hydrogen) atoms. The maximum Gasteiger partial charge on any atom is 0.226 e. The molecule has 0 unspecified atom stereocenters. The van der Waals surface area contributed by atoms with Crippen molar-refractivity contribution in [3.05, 3.63) is 59.2 Å². The van der Waals surface area contributed by atoms with E-state index in [1.54, 1.807) is 29.2 Å². The van der Waals surface area contributed by atoms with Crippen molar-refractivity contribution in [1.82, 2.24) is 0 Å². The van der Waals surface area contributed by atoms with Crippen molar-refractivity contribution in [3.8, 4) is 6.07 Å². The number of rotatable bonds is 5. The molecule has 2 aromatic rings. The molecule has 0 aliphatic rings. The number of carbonyl (C=O) groups is 2. The van der Waals surface area contributed by atoms with Crippen molar-refractivity contribution in [3.63, 3.8) is 0 Å². The van der Waals surface area contributed by atoms with Crippen LogP contribution in [0.4, 0.5) is 11.4 Å². The molecule has 0 spiro atoms. The summed E-state index contributed by atoms with van der Waals surface area (Å²) >= 11 is 0. The molecule has 1 N–H and O–H groups in total. The average molecular weight is 335 g/mol. The zero-order valence-corrected chi connectivity index (χ0v) is 14.7. The monoisotopic (exact) mass is 335 g/mol. The lowest BCUT2D eigenvalue weighted by atomic mass is 10.1. The lowest BCUT2D eigenvalue weighted by Crippen LogP contribution is -2.32. The Balaban J connectivity index is 2.06. The third-order valence-electron chi connectivity index (χ3n) is 4.08. The Hall–Kier alpha value is -3.13. The van der Waals surface area contributed by atoms with E-state index >= 15 is 0 Å². The number of carbonyl (C=O) groups excluding carboxylic acids is 2. The van der Waals surface area contributed by atoms with Crippen LogP contribution >= 0.6 is 0 Å². The molecule has 0 saturated carbocycles. The van der Waals surface area contributed by atoms with Crippen molar-refractivity contribution in [2.45, 2.75) is 27.2 Å². The first-order valence-electron chi connectivity index (χ1n) is 8.06. The number of benzene rings is 2. The number of hydrogen-bond acceptors (Lipinski definition) is 3. The van der Waals surface area contributed by atoms with Gasteiger partial charge < -0.3 is 10.2 Å². The maximum atomic E-state index is 12.2. The first kappa shape index (κ1) is 18.2. The molecule has 0 heterocycles. The fourth-order valence-electron chi connectivity index (χ4n) is 2.58. The predicted molar refractivity (Wildman–Crippen MR) is 98.3 cm³/mol. The van der Waals surface area contributed by atoms with Crippen LogP contribution in [0.3, 0.4) is 0 Å². The van der Waals surface area contributed by atoms with Crippen LogP contribution in [0.5, 0.6) is 0 Å². The summed E-state index contributed by atoms with van der Waals surface area (Å²) in [6.45, 7) is 5.75. The van der Waals surface area contributed by atoms with E-state index in [9.17, 15) is 9.59 Å². The van der Waals surface area contributed by atoms with E-state index in [4.69, 9.17) is 5.26 Å². The van der Waals surface area contributed by atoms with E-state index in [0.717, 1.165) is 16.8 Å². The largest absolute Gasteiger partial charge is 0.326 e. The number of amides is 2. The van der Waals surface area contributed by atoms with Gasteiger partial charge in [-0.15, -0.1) is 0 Å². The Morgan fingerprint density at radius 1 is 1.16 bits per heavy atom. The molecule has 0 aromatic heterocycles. The molecular formula is C20H21N3O2. The fourth-order valence-corrected chi connectivity index (χ4v) is 2.58. The van der Waals surface area contributed by atoms with Crippen molar-refractivity contribution in [1.29, 1.82) is 5.26 Å². The zero-order chi connectivity index (χ0) is 18.4. The van der Waals surface area contributed by atoms with Gasteiger partial charge in [-0.3, -0.25) is 9.59 Å². The summed E-state index contributed by atoms with van der Waals surface area (Å²) < 4.78 is 0. The van der Waals surface area contributed by atoms with Crippen LogP contribution in [0, 0.1) is 25.2 Å². The first-order chi connectivity index (χ1) is 11.9. The minimum absolute atomic E-state index is 0.104. The van der Waals surface area contributed by atoms with Gasteiger partial charge in [0.25, 0.3) is 0 Å². The van der Waals surface area contributed by atoms with Gasteiger partial charge in [-0.2, -0.15) is 5.26 Å². The molecule has 0 atom stereocenters. The van der Waals surface area contributed by atoms with Gasteiger partial charge in [0.1, 0.15) is 0 Å². The van der Waals surface area contributed by atoms with E-state index in [1.807, 2.05) is 38.1 Å². The minimum Gasteiger partial charge on any atom is -0.326 e. The number of hydrogen-bond donors (Lipinski definition) is 1. The molecule has 0 aliphatic carbocycles. The Kier molecular flexibility index (Phi) is 5.91. The SMILES string of the molecule is CC(=O)N(CCC(=O)Nc1cccc(C#N)c1)c1cccc(C)c1C. The summed E-state index contributed by atoms with van der Waals surface area (Å²) in [5.41, 5.74) is 4.01. The molecule has 128 valence electrons. The highest BCUT2D eigenvalue weighted by Crippen LogP contribution is 2.23. The van der Waals surface area contributed by atoms with Crippen molar-refractivity contribution in [2.24, 2.45) is 0 Å². The molecule has 2 aromatic carbocycles. The number of aryl methyl sites for hydroxylation is 1. The fraction of sp³-hybridized carbons (Fsp3) is 0.250. The van der Waals surface area contributed by atoms with Gasteiger partial charge in [-0.1, -0.05) is 18.2 Å². The molecule has 5 nitrogen and oxygen atoms in total. The van der Waals surface area contributed by atoms with Gasteiger partial charge in [0.15, 0.2) is 0 Å². The first-order valence-corrected chi connectivity index (χ1v) is 8.06. The summed E-state index contributed by atoms with van der Waals surface area (Å²) in [5.74, 6) is -0.306. The minimum atomic E-state index is -0.202. The van der Waals surface area contributed by atoms with Crippen LogP contribution in [0.1, 0.15) is 30.0 Å². The third kappa shape index (κ3) is 4.67. The molecular weight excluding hydrogens is 314 g/mol. The summed E-state index contributed by atoms with van der Waals surface area (Å²) in [4.78, 5) is 25.8. The highest BCUT2D eigenvalue weighted by molar-refractivity contribution is 5.95. The molecule has 0 saturated heterocycles. The smallest absolute Gasteiger partial charge is 0.226 e. The number of nitrogens with zero attached hydrogens (tertiary/aromatic N) is 2. The van der Waals surface area contributed by atoms with Crippen LogP contribution in [0.2, 0.25) is 0 Å². The lowest BCUT2D eigenvalue weighted by Gasteiger charge is -2.23. The Morgan fingerprint density at radius 3 is 2.56 bits per heavy atom. The quantitative estimate of drug-likeness (QED) is 0.908. The van der Waals surface area contributed by atoms with Crippen LogP contribution in [-0.2, 0) is 9.59 Å². The Bertz CT molecular complexity index is 837. The summed E-state index contributed by atoms with van der Waals surface area (Å²) in [7, 11) is 0. The number of nitriles is 1. The van der Waals surface area contributed by atoms with E-state index in [-0.39, 0.29) is 18.2 Å². The second-order valence-corrected chi connectivity index (χ2v) is 5.88. The molecule has 0 bridgehead atoms. The standard InChI is InChI=1S/C20H21N3O2/c1-14-6-4-9-19(15(14)2)23(16(3)24)11-10-20(25)22-18-8-5-7-17(12-18)13-21/h4-9,12H,10-11H2,1-3H3,(H,22,25). The zero-order valence-electron chi connectivity index (χ0n) is 14.7. The summed E-state index contributed by atoms with van der Waals surface area (Å²) in [6.07, 6.45) is 0.170. The highest BCUT2D eigenvalue weighted by atomic mass is 16.2. The van der Waals surface area contributed by atoms with E-state index in [1.165, 1.54) is 6.92 Å². The van der Waals surface area contributed by atoms with Gasteiger partial charge >= 0.3 is 0 Å². The topological polar surface area (TPSA) is 73.2 Å². The van der Waals surface area contributed by atoms with E-state index < -0.39 is 0 Å². The van der Waals surface area contributed by atoms with E-state index in [0.29, 0.717) is 17.8 Å². The predicted octanol–water partition coefficient (Wildman–Crippen LogP) is 3.56. The highest BCUT2D eigenvalue weighted by Gasteiger charge is 2.16. The summed E-state index contributed by atoms with van der Waals surface area (Å²) in [6, 6.07) is 14.6. The Morgan fingerprint density at radius 2 is 1.88 bits per heavy atom. The van der Waals surface area contributed by atoms with Crippen LogP contribution in [-0.4, -0.2) is 18.4 Å². The van der Waals surface area contributed by atoms with Crippen molar-refractivity contribution >= 4 is 23.2 Å². The molecule has 0 radical (unpaired) electrons. The van der Waals surface area contributed by atoms with Gasteiger partial charge in [-0.05, 0) is 49.2 Å². The molecule has 5 heteroatoms. The maximum absolute atomic E-state index is 12.2. The second kappa shape index (κ2) is 8.11. The van der Waals surface area contributed by atoms with Crippen LogP contribution in [0.15, 0.2) is 42.5 Å². The molecule has 2 amide bonds. The second-order valence-electron chi connectivity index (χ2n) is 5.88. The van der Waals surface area contributed by atoms with Gasteiger partial charge in [0.05, 0.1) is 11.6 Å². The van der Waals surface area contributed by atoms with Crippen molar-refractivity contribution < 1.29 is 9.59 Å². The lowest BCUT2D eigenvalue weighted by molar-refractivity contribution is -0.117. The average Bonchev–Trinajstić information content (AvgIpc) is 2.58. The van der Waals surface area contributed by atoms with Gasteiger partial charge in [0.2, 0.25) is 11.8 Å². The third-order valence-corrected chi connectivity index (χ3v) is 4.08. The Labute approximate surface area is 147 Å². The van der Waals surface area contributed by atoms with Crippen LogP contribution < -0.4 is 10.2 Å². The van der Waals surface area contributed by atoms with Crippen LogP contribution in [0.25, 0.3) is 0 Å². The van der Waals surface area contributed by atoms with Gasteiger partial charge in [0, 0.05) is 31.3 Å². The van der Waals surface area contributed by atoms with Crippen molar-refractivity contribution in [2.75, 3.05) is 16.8 Å².